The van der Waals surface area contributed by atoms with E-state index in [0.717, 1.165) is 39.2 Å². The monoisotopic (exact) mass is 700 g/mol. The molecule has 0 saturated carbocycles. The summed E-state index contributed by atoms with van der Waals surface area (Å²) in [6, 6.07) is 73.0. The Balaban J connectivity index is 1.36. The summed E-state index contributed by atoms with van der Waals surface area (Å²) in [6.07, 6.45) is 0. The van der Waals surface area contributed by atoms with Crippen LogP contribution >= 0.6 is 0 Å². The number of hydrogen-bond donors (Lipinski definition) is 0. The van der Waals surface area contributed by atoms with Gasteiger partial charge in [0.1, 0.15) is 5.82 Å². The van der Waals surface area contributed by atoms with E-state index in [1.165, 1.54) is 43.8 Å². The smallest absolute Gasteiger partial charge is 0.179 e. The topological polar surface area (TPSA) is 8.17 Å². The fourth-order valence-corrected chi connectivity index (χ4v) is 12.8. The number of hydrogen-bond acceptors (Lipinski definition) is 1. The zero-order valence-corrected chi connectivity index (χ0v) is 30.4. The van der Waals surface area contributed by atoms with E-state index >= 15 is 0 Å². The third-order valence-electron chi connectivity index (χ3n) is 10.5. The van der Waals surface area contributed by atoms with Gasteiger partial charge in [-0.3, -0.25) is 0 Å². The SMILES string of the molecule is Cc1ccc(N(c2ccc(F)cc2)c2ccc3c(c2)c2cc([Si](c4ccccc4)(c4ccccc4)c4ccccc4)ccc2n3-c2ccccc2)cc1. The Labute approximate surface area is 310 Å². The first-order valence-electron chi connectivity index (χ1n) is 18.0. The predicted octanol–water partition coefficient (Wildman–Crippen LogP) is 10.1. The maximum Gasteiger partial charge on any atom is 0.179 e. The largest absolute Gasteiger partial charge is 0.310 e. The van der Waals surface area contributed by atoms with Crippen LogP contribution in [0.25, 0.3) is 27.5 Å². The standard InChI is InChI=1S/C49H37FN2Si/c1-36-22-26-39(27-23-36)51(40-28-24-37(50)25-29-40)41-30-32-48-46(34-41)47-35-45(31-33-49(47)52(48)38-14-6-2-7-15-38)53(42-16-8-3-9-17-42,43-18-10-4-11-19-43)44-20-12-5-13-21-44/h2-35H,1H3. The molecule has 1 heterocycles. The summed E-state index contributed by atoms with van der Waals surface area (Å²) in [4.78, 5) is 2.21. The van der Waals surface area contributed by atoms with Gasteiger partial charge in [0, 0.05) is 33.5 Å². The highest BCUT2D eigenvalue weighted by Gasteiger charge is 2.41. The molecule has 0 N–H and O–H groups in total. The van der Waals surface area contributed by atoms with E-state index in [1.54, 1.807) is 0 Å². The van der Waals surface area contributed by atoms with Gasteiger partial charge in [-0.05, 0) is 100 Å². The van der Waals surface area contributed by atoms with Crippen LogP contribution in [0.2, 0.25) is 0 Å². The molecule has 9 rings (SSSR count). The summed E-state index contributed by atoms with van der Waals surface area (Å²) in [5.41, 5.74) is 7.48. The van der Waals surface area contributed by atoms with Crippen LogP contribution in [0.1, 0.15) is 5.56 Å². The van der Waals surface area contributed by atoms with Gasteiger partial charge in [0.05, 0.1) is 11.0 Å². The van der Waals surface area contributed by atoms with Crippen LogP contribution in [-0.4, -0.2) is 12.6 Å². The second kappa shape index (κ2) is 13.6. The van der Waals surface area contributed by atoms with Crippen molar-refractivity contribution in [2.45, 2.75) is 6.92 Å². The normalized spacial score (nSPS) is 11.6. The van der Waals surface area contributed by atoms with E-state index < -0.39 is 8.07 Å². The molecule has 0 aliphatic carbocycles. The lowest BCUT2D eigenvalue weighted by Crippen LogP contribution is -2.74. The van der Waals surface area contributed by atoms with Crippen molar-refractivity contribution < 1.29 is 4.39 Å². The molecule has 0 saturated heterocycles. The van der Waals surface area contributed by atoms with Crippen molar-refractivity contribution in [2.75, 3.05) is 4.90 Å². The van der Waals surface area contributed by atoms with E-state index in [9.17, 15) is 4.39 Å². The molecule has 1 aromatic heterocycles. The van der Waals surface area contributed by atoms with Crippen LogP contribution in [0.15, 0.2) is 206 Å². The fourth-order valence-electron chi connectivity index (χ4n) is 8.03. The number of nitrogens with zero attached hydrogens (tertiary/aromatic N) is 2. The average Bonchev–Trinajstić information content (AvgIpc) is 3.54. The third-order valence-corrected chi connectivity index (χ3v) is 15.2. The lowest BCUT2D eigenvalue weighted by atomic mass is 10.1. The maximum atomic E-state index is 14.2. The highest BCUT2D eigenvalue weighted by molar-refractivity contribution is 7.20. The number of anilines is 3. The Hall–Kier alpha value is -6.49. The zero-order chi connectivity index (χ0) is 35.8. The molecule has 53 heavy (non-hydrogen) atoms. The Kier molecular flexibility index (Phi) is 8.30. The second-order valence-corrected chi connectivity index (χ2v) is 17.4. The van der Waals surface area contributed by atoms with Crippen molar-refractivity contribution in [1.29, 1.82) is 0 Å². The minimum Gasteiger partial charge on any atom is -0.310 e. The predicted molar refractivity (Wildman–Crippen MR) is 224 cm³/mol. The zero-order valence-electron chi connectivity index (χ0n) is 29.4. The molecule has 4 heteroatoms. The number of rotatable bonds is 8. The molecule has 0 atom stereocenters. The van der Waals surface area contributed by atoms with Crippen LogP contribution in [0.3, 0.4) is 0 Å². The van der Waals surface area contributed by atoms with Crippen LogP contribution in [-0.2, 0) is 0 Å². The molecule has 2 nitrogen and oxygen atoms in total. The minimum absolute atomic E-state index is 0.255. The molecular weight excluding hydrogens is 664 g/mol. The van der Waals surface area contributed by atoms with Crippen molar-refractivity contribution in [3.63, 3.8) is 0 Å². The fraction of sp³-hybridized carbons (Fsp3) is 0.0204. The molecule has 9 aromatic rings. The lowest BCUT2D eigenvalue weighted by Gasteiger charge is -2.34. The van der Waals surface area contributed by atoms with E-state index in [-0.39, 0.29) is 5.82 Å². The Bertz CT molecular complexity index is 2510. The molecule has 0 aliphatic heterocycles. The summed E-state index contributed by atoms with van der Waals surface area (Å²) in [6.45, 7) is 2.10. The number of halogens is 1. The van der Waals surface area contributed by atoms with Gasteiger partial charge >= 0.3 is 0 Å². The van der Waals surface area contributed by atoms with Gasteiger partial charge in [-0.1, -0.05) is 139 Å². The molecule has 254 valence electrons. The van der Waals surface area contributed by atoms with E-state index in [0.29, 0.717) is 0 Å². The Morgan fingerprint density at radius 2 is 0.849 bits per heavy atom. The van der Waals surface area contributed by atoms with Gasteiger partial charge < -0.3 is 9.47 Å². The number of aryl methyl sites for hydroxylation is 1. The molecule has 0 aliphatic rings. The second-order valence-electron chi connectivity index (χ2n) is 13.6. The van der Waals surface area contributed by atoms with E-state index in [4.69, 9.17) is 0 Å². The van der Waals surface area contributed by atoms with Crippen molar-refractivity contribution >= 4 is 67.7 Å². The Morgan fingerprint density at radius 3 is 1.38 bits per heavy atom. The summed E-state index contributed by atoms with van der Waals surface area (Å²) < 4.78 is 16.6. The number of aromatic nitrogens is 1. The summed E-state index contributed by atoms with van der Waals surface area (Å²) in [5.74, 6) is -0.255. The molecule has 0 amide bonds. The highest BCUT2D eigenvalue weighted by Crippen LogP contribution is 2.39. The molecular formula is C49H37FN2Si. The van der Waals surface area contributed by atoms with Gasteiger partial charge in [-0.25, -0.2) is 4.39 Å². The Morgan fingerprint density at radius 1 is 0.415 bits per heavy atom. The molecule has 0 bridgehead atoms. The van der Waals surface area contributed by atoms with Crippen LogP contribution in [0.4, 0.5) is 21.5 Å². The lowest BCUT2D eigenvalue weighted by molar-refractivity contribution is 0.628. The third kappa shape index (κ3) is 5.65. The first-order valence-corrected chi connectivity index (χ1v) is 20.0. The quantitative estimate of drug-likeness (QED) is 0.113. The van der Waals surface area contributed by atoms with Crippen LogP contribution in [0, 0.1) is 12.7 Å². The van der Waals surface area contributed by atoms with Crippen LogP contribution < -0.4 is 25.6 Å². The maximum absolute atomic E-state index is 14.2. The van der Waals surface area contributed by atoms with Crippen LogP contribution in [0.5, 0.6) is 0 Å². The van der Waals surface area contributed by atoms with Gasteiger partial charge in [-0.15, -0.1) is 0 Å². The first-order chi connectivity index (χ1) is 26.1. The first kappa shape index (κ1) is 32.4. The van der Waals surface area contributed by atoms with E-state index in [2.05, 4.69) is 198 Å². The molecule has 0 spiro atoms. The minimum atomic E-state index is -2.78. The molecule has 0 radical (unpaired) electrons. The summed E-state index contributed by atoms with van der Waals surface area (Å²) in [7, 11) is -2.78. The van der Waals surface area contributed by atoms with Gasteiger partial charge in [-0.2, -0.15) is 0 Å². The number of para-hydroxylation sites is 1. The van der Waals surface area contributed by atoms with Gasteiger partial charge in [0.15, 0.2) is 8.07 Å². The average molecular weight is 701 g/mol. The van der Waals surface area contributed by atoms with Gasteiger partial charge in [0.25, 0.3) is 0 Å². The van der Waals surface area contributed by atoms with Crippen molar-refractivity contribution in [1.82, 2.24) is 4.57 Å². The van der Waals surface area contributed by atoms with Crippen molar-refractivity contribution in [3.05, 3.63) is 218 Å². The summed E-state index contributed by atoms with van der Waals surface area (Å²) >= 11 is 0. The highest BCUT2D eigenvalue weighted by atomic mass is 28.3. The molecule has 8 aromatic carbocycles. The number of benzene rings is 8. The van der Waals surface area contributed by atoms with E-state index in [1.807, 2.05) is 12.1 Å². The van der Waals surface area contributed by atoms with Crippen molar-refractivity contribution in [3.8, 4) is 5.69 Å². The molecule has 0 unspecified atom stereocenters. The van der Waals surface area contributed by atoms with Gasteiger partial charge in [0.2, 0.25) is 0 Å². The molecule has 0 fully saturated rings. The number of fused-ring (bicyclic) bond motifs is 3. The summed E-state index contributed by atoms with van der Waals surface area (Å²) in [5, 5.41) is 7.67. The van der Waals surface area contributed by atoms with Crippen molar-refractivity contribution in [2.24, 2.45) is 0 Å².